The minimum Gasteiger partial charge on any atom is -0.544 e. The third-order valence-electron chi connectivity index (χ3n) is 3.87. The van der Waals surface area contributed by atoms with Gasteiger partial charge in [-0.3, -0.25) is 0 Å². The summed E-state index contributed by atoms with van der Waals surface area (Å²) in [6, 6.07) is 8.17. The first-order chi connectivity index (χ1) is 8.62. The van der Waals surface area contributed by atoms with Crippen molar-refractivity contribution in [1.29, 1.82) is 0 Å². The zero-order valence-corrected chi connectivity index (χ0v) is 14.0. The van der Waals surface area contributed by atoms with E-state index in [4.69, 9.17) is 4.43 Å². The Morgan fingerprint density at radius 2 is 1.68 bits per heavy atom. The van der Waals surface area contributed by atoms with E-state index in [0.29, 0.717) is 6.42 Å². The maximum Gasteiger partial charge on any atom is 0.250 e. The Kier molecular flexibility index (Phi) is 4.96. The molecule has 3 heteroatoms. The van der Waals surface area contributed by atoms with Crippen molar-refractivity contribution in [3.05, 3.63) is 29.8 Å². The number of rotatable bonds is 5. The number of ketones is 1. The van der Waals surface area contributed by atoms with Gasteiger partial charge in [0.25, 0.3) is 0 Å². The smallest absolute Gasteiger partial charge is 0.250 e. The van der Waals surface area contributed by atoms with E-state index in [-0.39, 0.29) is 10.8 Å². The topological polar surface area (TPSA) is 26.3 Å². The molecule has 0 saturated heterocycles. The van der Waals surface area contributed by atoms with E-state index in [1.807, 2.05) is 12.1 Å². The molecular formula is C16H26O2Si. The zero-order chi connectivity index (χ0) is 14.7. The average molecular weight is 278 g/mol. The highest BCUT2D eigenvalue weighted by molar-refractivity contribution is 6.74. The highest BCUT2D eigenvalue weighted by Gasteiger charge is 2.38. The van der Waals surface area contributed by atoms with Gasteiger partial charge >= 0.3 is 0 Å². The Balaban J connectivity index is 2.69. The molecule has 0 aliphatic carbocycles. The predicted octanol–water partition coefficient (Wildman–Crippen LogP) is 4.59. The lowest BCUT2D eigenvalue weighted by Crippen LogP contribution is -2.43. The van der Waals surface area contributed by atoms with E-state index < -0.39 is 8.32 Å². The molecule has 1 aromatic rings. The fourth-order valence-electron chi connectivity index (χ4n) is 1.49. The lowest BCUT2D eigenvalue weighted by Gasteiger charge is -2.36. The van der Waals surface area contributed by atoms with E-state index >= 15 is 0 Å². The van der Waals surface area contributed by atoms with Gasteiger partial charge in [0.05, 0.1) is 0 Å². The van der Waals surface area contributed by atoms with Crippen LogP contribution in [0.25, 0.3) is 0 Å². The molecule has 0 aliphatic heterocycles. The summed E-state index contributed by atoms with van der Waals surface area (Å²) in [6.45, 7) is 12.8. The van der Waals surface area contributed by atoms with Crippen molar-refractivity contribution in [2.75, 3.05) is 0 Å². The number of carbonyl (C=O) groups is 1. The molecule has 0 fully saturated rings. The first-order valence-electron chi connectivity index (χ1n) is 6.89. The first kappa shape index (κ1) is 16.0. The SMILES string of the molecule is CC(=O)CCc1ccc(O[Si](C)(C)C(C)(C)C)cc1. The van der Waals surface area contributed by atoms with Gasteiger partial charge in [0.2, 0.25) is 8.32 Å². The van der Waals surface area contributed by atoms with Gasteiger partial charge in [-0.1, -0.05) is 32.9 Å². The second-order valence-electron chi connectivity index (χ2n) is 6.71. The second-order valence-corrected chi connectivity index (χ2v) is 11.4. The largest absolute Gasteiger partial charge is 0.544 e. The minimum absolute atomic E-state index is 0.209. The van der Waals surface area contributed by atoms with Gasteiger partial charge in [0.15, 0.2) is 0 Å². The van der Waals surface area contributed by atoms with Gasteiger partial charge in [-0.25, -0.2) is 0 Å². The van der Waals surface area contributed by atoms with Crippen LogP contribution in [0.15, 0.2) is 24.3 Å². The molecule has 0 unspecified atom stereocenters. The Morgan fingerprint density at radius 3 is 2.11 bits per heavy atom. The van der Waals surface area contributed by atoms with Crippen molar-refractivity contribution in [3.63, 3.8) is 0 Å². The van der Waals surface area contributed by atoms with E-state index in [9.17, 15) is 4.79 Å². The molecule has 0 atom stereocenters. The van der Waals surface area contributed by atoms with Crippen LogP contribution in [0, 0.1) is 0 Å². The van der Waals surface area contributed by atoms with Crippen LogP contribution in [0.3, 0.4) is 0 Å². The van der Waals surface area contributed by atoms with Crippen LogP contribution in [0.1, 0.15) is 39.7 Å². The van der Waals surface area contributed by atoms with Crippen LogP contribution in [-0.4, -0.2) is 14.1 Å². The fourth-order valence-corrected chi connectivity index (χ4v) is 2.52. The van der Waals surface area contributed by atoms with Crippen LogP contribution < -0.4 is 4.43 Å². The monoisotopic (exact) mass is 278 g/mol. The Hall–Kier alpha value is -1.09. The van der Waals surface area contributed by atoms with Crippen LogP contribution in [0.2, 0.25) is 18.1 Å². The van der Waals surface area contributed by atoms with Crippen molar-refractivity contribution in [3.8, 4) is 5.75 Å². The van der Waals surface area contributed by atoms with Gasteiger partial charge in [-0.05, 0) is 49.2 Å². The van der Waals surface area contributed by atoms with E-state index in [1.165, 1.54) is 5.56 Å². The molecule has 0 spiro atoms. The molecule has 0 aliphatic rings. The number of hydrogen-bond acceptors (Lipinski definition) is 2. The zero-order valence-electron chi connectivity index (χ0n) is 13.0. The molecule has 0 amide bonds. The summed E-state index contributed by atoms with van der Waals surface area (Å²) in [4.78, 5) is 11.0. The quantitative estimate of drug-likeness (QED) is 0.736. The molecule has 0 aromatic heterocycles. The van der Waals surface area contributed by atoms with Gasteiger partial charge in [0, 0.05) is 6.42 Å². The second kappa shape index (κ2) is 5.91. The van der Waals surface area contributed by atoms with E-state index in [0.717, 1.165) is 12.2 Å². The summed E-state index contributed by atoms with van der Waals surface area (Å²) in [6.07, 6.45) is 1.43. The van der Waals surface area contributed by atoms with Crippen LogP contribution in [0.4, 0.5) is 0 Å². The predicted molar refractivity (Wildman–Crippen MR) is 83.3 cm³/mol. The van der Waals surface area contributed by atoms with Crippen molar-refractivity contribution in [2.24, 2.45) is 0 Å². The van der Waals surface area contributed by atoms with Crippen molar-refractivity contribution < 1.29 is 9.22 Å². The number of Topliss-reactive ketones (excluding diaryl/α,β-unsaturated/α-hetero) is 1. The summed E-state index contributed by atoms with van der Waals surface area (Å²) in [7, 11) is -1.75. The number of benzene rings is 1. The summed E-state index contributed by atoms with van der Waals surface area (Å²) in [5, 5.41) is 0.209. The average Bonchev–Trinajstić information content (AvgIpc) is 2.26. The normalized spacial score (nSPS) is 12.3. The third-order valence-corrected chi connectivity index (χ3v) is 8.23. The number of aryl methyl sites for hydroxylation is 1. The highest BCUT2D eigenvalue weighted by atomic mass is 28.4. The first-order valence-corrected chi connectivity index (χ1v) is 9.80. The van der Waals surface area contributed by atoms with Crippen molar-refractivity contribution in [2.45, 2.75) is 58.7 Å². The van der Waals surface area contributed by atoms with Crippen LogP contribution >= 0.6 is 0 Å². The Morgan fingerprint density at radius 1 is 1.16 bits per heavy atom. The number of hydrogen-bond donors (Lipinski definition) is 0. The van der Waals surface area contributed by atoms with Gasteiger partial charge < -0.3 is 9.22 Å². The van der Waals surface area contributed by atoms with E-state index in [1.54, 1.807) is 6.92 Å². The van der Waals surface area contributed by atoms with Gasteiger partial charge in [-0.2, -0.15) is 0 Å². The Labute approximate surface area is 118 Å². The molecule has 2 nitrogen and oxygen atoms in total. The standard InChI is InChI=1S/C16H26O2Si/c1-13(17)7-8-14-9-11-15(12-10-14)18-19(5,6)16(2,3)4/h9-12H,7-8H2,1-6H3. The highest BCUT2D eigenvalue weighted by Crippen LogP contribution is 2.37. The maximum atomic E-state index is 11.0. The summed E-state index contributed by atoms with van der Waals surface area (Å²) >= 11 is 0. The summed E-state index contributed by atoms with van der Waals surface area (Å²) in [5.41, 5.74) is 1.19. The Bertz CT molecular complexity index is 427. The number of carbonyl (C=O) groups excluding carboxylic acids is 1. The molecule has 0 heterocycles. The molecule has 0 saturated carbocycles. The lowest BCUT2D eigenvalue weighted by molar-refractivity contribution is -0.116. The molecule has 106 valence electrons. The molecule has 0 bridgehead atoms. The van der Waals surface area contributed by atoms with Gasteiger partial charge in [0.1, 0.15) is 11.5 Å². The van der Waals surface area contributed by atoms with Gasteiger partial charge in [-0.15, -0.1) is 0 Å². The lowest BCUT2D eigenvalue weighted by atomic mass is 10.1. The van der Waals surface area contributed by atoms with Crippen LogP contribution in [-0.2, 0) is 11.2 Å². The van der Waals surface area contributed by atoms with Crippen molar-refractivity contribution >= 4 is 14.1 Å². The molecule has 1 aromatic carbocycles. The molecular weight excluding hydrogens is 252 g/mol. The molecule has 19 heavy (non-hydrogen) atoms. The molecule has 0 radical (unpaired) electrons. The maximum absolute atomic E-state index is 11.0. The fraction of sp³-hybridized carbons (Fsp3) is 0.562. The summed E-state index contributed by atoms with van der Waals surface area (Å²) < 4.78 is 6.22. The third kappa shape index (κ3) is 4.82. The molecule has 1 rings (SSSR count). The van der Waals surface area contributed by atoms with Crippen LogP contribution in [0.5, 0.6) is 5.75 Å². The summed E-state index contributed by atoms with van der Waals surface area (Å²) in [5.74, 6) is 1.18. The minimum atomic E-state index is -1.75. The van der Waals surface area contributed by atoms with Crippen molar-refractivity contribution in [1.82, 2.24) is 0 Å². The van der Waals surface area contributed by atoms with E-state index in [2.05, 4.69) is 46.0 Å². The molecule has 0 N–H and O–H groups in total.